The van der Waals surface area contributed by atoms with Crippen molar-refractivity contribution in [2.75, 3.05) is 6.54 Å². The minimum Gasteiger partial charge on any atom is -0.355 e. The maximum atomic E-state index is 13.1. The number of nitrogens with zero attached hydrogens (tertiary/aromatic N) is 2. The van der Waals surface area contributed by atoms with Crippen LogP contribution in [0.2, 0.25) is 0 Å². The molecule has 0 saturated carbocycles. The molecule has 0 aliphatic carbocycles. The minimum atomic E-state index is -0.402. The van der Waals surface area contributed by atoms with E-state index in [1.165, 1.54) is 24.2 Å². The Kier molecular flexibility index (Phi) is 7.10. The minimum absolute atomic E-state index is 0.000372. The molecule has 0 atom stereocenters. The first kappa shape index (κ1) is 22.6. The second-order valence-corrected chi connectivity index (χ2v) is 8.58. The van der Waals surface area contributed by atoms with Gasteiger partial charge in [0.25, 0.3) is 0 Å². The molecule has 0 spiro atoms. The number of benzene rings is 2. The normalized spacial score (nSPS) is 10.8. The molecule has 2 aromatic carbocycles. The van der Waals surface area contributed by atoms with Crippen molar-refractivity contribution in [3.05, 3.63) is 111 Å². The smallest absolute Gasteiger partial charge is 0.239 e. The number of rotatable bonds is 8. The Labute approximate surface area is 199 Å². The summed E-state index contributed by atoms with van der Waals surface area (Å²) in [5, 5.41) is 3.31. The van der Waals surface area contributed by atoms with Crippen LogP contribution < -0.4 is 10.7 Å². The fourth-order valence-electron chi connectivity index (χ4n) is 3.70. The van der Waals surface area contributed by atoms with Gasteiger partial charge in [-0.05, 0) is 48.7 Å². The molecule has 4 aromatic rings. The Balaban J connectivity index is 1.56. The number of halogens is 1. The maximum Gasteiger partial charge on any atom is 0.239 e. The number of fused-ring (bicyclic) bond motifs is 1. The number of pyridine rings is 2. The molecule has 0 fully saturated rings. The Hall–Kier alpha value is -3.58. The Bertz CT molecular complexity index is 1350. The van der Waals surface area contributed by atoms with Crippen LogP contribution in [0.5, 0.6) is 0 Å². The van der Waals surface area contributed by atoms with Crippen LogP contribution in [-0.2, 0) is 17.8 Å². The van der Waals surface area contributed by atoms with Gasteiger partial charge >= 0.3 is 0 Å². The monoisotopic (exact) mass is 503 g/mol. The zero-order chi connectivity index (χ0) is 23.2. The third kappa shape index (κ3) is 5.43. The topological polar surface area (TPSA) is 81.1 Å². The van der Waals surface area contributed by atoms with Crippen LogP contribution in [0.15, 0.2) is 88.5 Å². The second kappa shape index (κ2) is 10.4. The summed E-state index contributed by atoms with van der Waals surface area (Å²) in [5.41, 5.74) is 1.83. The van der Waals surface area contributed by atoms with Gasteiger partial charge < -0.3 is 9.88 Å². The average Bonchev–Trinajstić information content (AvgIpc) is 2.84. The van der Waals surface area contributed by atoms with Crippen molar-refractivity contribution >= 4 is 38.5 Å². The predicted molar refractivity (Wildman–Crippen MR) is 131 cm³/mol. The van der Waals surface area contributed by atoms with E-state index in [9.17, 15) is 14.4 Å². The highest BCUT2D eigenvalue weighted by Gasteiger charge is 2.18. The van der Waals surface area contributed by atoms with Gasteiger partial charge in [0.2, 0.25) is 11.3 Å². The highest BCUT2D eigenvalue weighted by Crippen LogP contribution is 2.19. The molecule has 166 valence electrons. The summed E-state index contributed by atoms with van der Waals surface area (Å²) < 4.78 is 2.38. The first-order chi connectivity index (χ1) is 16.0. The van der Waals surface area contributed by atoms with Crippen LogP contribution >= 0.6 is 15.9 Å². The molecule has 4 rings (SSSR count). The number of hydrogen-bond donors (Lipinski definition) is 1. The van der Waals surface area contributed by atoms with Crippen molar-refractivity contribution in [3.8, 4) is 0 Å². The van der Waals surface area contributed by atoms with E-state index in [2.05, 4.69) is 38.4 Å². The number of nitrogens with one attached hydrogen (secondary N) is 1. The third-order valence-electron chi connectivity index (χ3n) is 5.35. The molecule has 7 heteroatoms. The van der Waals surface area contributed by atoms with Gasteiger partial charge in [-0.25, -0.2) is 0 Å². The largest absolute Gasteiger partial charge is 0.355 e. The van der Waals surface area contributed by atoms with E-state index in [-0.39, 0.29) is 23.4 Å². The molecule has 0 aliphatic heterocycles. The van der Waals surface area contributed by atoms with Gasteiger partial charge in [0, 0.05) is 40.6 Å². The number of aryl methyl sites for hydroxylation is 1. The molecule has 1 amide bonds. The predicted octanol–water partition coefficient (Wildman–Crippen LogP) is 4.14. The van der Waals surface area contributed by atoms with Crippen LogP contribution in [0.4, 0.5) is 0 Å². The van der Waals surface area contributed by atoms with Gasteiger partial charge in [0.05, 0.1) is 11.1 Å². The van der Waals surface area contributed by atoms with Crippen LogP contribution in [-0.4, -0.2) is 27.8 Å². The van der Waals surface area contributed by atoms with Crippen LogP contribution in [0, 0.1) is 0 Å². The number of amides is 1. The zero-order valence-corrected chi connectivity index (χ0v) is 19.4. The van der Waals surface area contributed by atoms with Crippen molar-refractivity contribution in [1.29, 1.82) is 0 Å². The van der Waals surface area contributed by atoms with E-state index in [0.29, 0.717) is 23.0 Å². The molecule has 0 bridgehead atoms. The molecular weight excluding hydrogens is 482 g/mol. The van der Waals surface area contributed by atoms with E-state index >= 15 is 0 Å². The van der Waals surface area contributed by atoms with Gasteiger partial charge in [-0.3, -0.25) is 19.4 Å². The van der Waals surface area contributed by atoms with Gasteiger partial charge in [0.15, 0.2) is 5.78 Å². The molecule has 0 aliphatic rings. The lowest BCUT2D eigenvalue weighted by atomic mass is 10.0. The number of ketones is 1. The summed E-state index contributed by atoms with van der Waals surface area (Å²) in [6.07, 6.45) is 6.18. The van der Waals surface area contributed by atoms with E-state index in [1.54, 1.807) is 34.9 Å². The lowest BCUT2D eigenvalue weighted by Crippen LogP contribution is -2.30. The summed E-state index contributed by atoms with van der Waals surface area (Å²) >= 11 is 3.39. The molecule has 2 aromatic heterocycles. The van der Waals surface area contributed by atoms with Crippen LogP contribution in [0.1, 0.15) is 27.9 Å². The van der Waals surface area contributed by atoms with E-state index < -0.39 is 5.78 Å². The summed E-state index contributed by atoms with van der Waals surface area (Å²) in [6.45, 7) is 0.542. The molecule has 0 unspecified atom stereocenters. The summed E-state index contributed by atoms with van der Waals surface area (Å²) in [7, 11) is 0. The SMILES string of the molecule is O=C(Cn1cc(C(=O)c2ccncc2)c(=O)c2cc(Br)ccc21)NCCCc1ccccc1. The zero-order valence-electron chi connectivity index (χ0n) is 17.8. The molecular formula is C26H22BrN3O3. The van der Waals surface area contributed by atoms with Crippen molar-refractivity contribution in [3.63, 3.8) is 0 Å². The fourth-order valence-corrected chi connectivity index (χ4v) is 4.06. The van der Waals surface area contributed by atoms with Crippen molar-refractivity contribution in [2.24, 2.45) is 0 Å². The maximum absolute atomic E-state index is 13.1. The van der Waals surface area contributed by atoms with E-state index in [1.807, 2.05) is 18.2 Å². The van der Waals surface area contributed by atoms with E-state index in [4.69, 9.17) is 0 Å². The quantitative estimate of drug-likeness (QED) is 0.289. The number of hydrogen-bond acceptors (Lipinski definition) is 4. The van der Waals surface area contributed by atoms with Crippen molar-refractivity contribution in [1.82, 2.24) is 14.9 Å². The average molecular weight is 504 g/mol. The van der Waals surface area contributed by atoms with Gasteiger partial charge in [-0.1, -0.05) is 46.3 Å². The highest BCUT2D eigenvalue weighted by molar-refractivity contribution is 9.10. The third-order valence-corrected chi connectivity index (χ3v) is 5.84. The first-order valence-corrected chi connectivity index (χ1v) is 11.4. The summed E-state index contributed by atoms with van der Waals surface area (Å²) in [5.74, 6) is -0.584. The lowest BCUT2D eigenvalue weighted by Gasteiger charge is -2.14. The van der Waals surface area contributed by atoms with Gasteiger partial charge in [-0.15, -0.1) is 0 Å². The summed E-state index contributed by atoms with van der Waals surface area (Å²) in [6, 6.07) is 18.5. The number of aromatic nitrogens is 2. The van der Waals surface area contributed by atoms with Crippen LogP contribution in [0.25, 0.3) is 10.9 Å². The second-order valence-electron chi connectivity index (χ2n) is 7.67. The molecule has 0 saturated heterocycles. The lowest BCUT2D eigenvalue weighted by molar-refractivity contribution is -0.121. The van der Waals surface area contributed by atoms with Gasteiger partial charge in [-0.2, -0.15) is 0 Å². The Morgan fingerprint density at radius 3 is 2.52 bits per heavy atom. The number of carbonyl (C=O) groups excluding carboxylic acids is 2. The Morgan fingerprint density at radius 1 is 1.00 bits per heavy atom. The standard InChI is InChI=1S/C26H22BrN3O3/c27-20-8-9-23-21(15-20)26(33)22(25(32)19-10-13-28-14-11-19)16-30(23)17-24(31)29-12-4-7-18-5-2-1-3-6-18/h1-3,5-6,8-11,13-16H,4,7,12,17H2,(H,29,31). The van der Waals surface area contributed by atoms with Crippen molar-refractivity contribution < 1.29 is 9.59 Å². The number of carbonyl (C=O) groups is 2. The summed E-state index contributed by atoms with van der Waals surface area (Å²) in [4.78, 5) is 42.7. The van der Waals surface area contributed by atoms with E-state index in [0.717, 1.165) is 17.3 Å². The van der Waals surface area contributed by atoms with Crippen molar-refractivity contribution in [2.45, 2.75) is 19.4 Å². The molecule has 2 heterocycles. The van der Waals surface area contributed by atoms with Crippen LogP contribution in [0.3, 0.4) is 0 Å². The molecule has 6 nitrogen and oxygen atoms in total. The molecule has 1 N–H and O–H groups in total. The Morgan fingerprint density at radius 2 is 1.76 bits per heavy atom. The molecule has 33 heavy (non-hydrogen) atoms. The first-order valence-electron chi connectivity index (χ1n) is 10.6. The van der Waals surface area contributed by atoms with Gasteiger partial charge in [0.1, 0.15) is 6.54 Å². The molecule has 0 radical (unpaired) electrons. The highest BCUT2D eigenvalue weighted by atomic mass is 79.9. The fraction of sp³-hybridized carbons (Fsp3) is 0.154.